The number of benzene rings is 2. The number of rotatable bonds is 2. The topological polar surface area (TPSA) is 72.3 Å². The summed E-state index contributed by atoms with van der Waals surface area (Å²) in [7, 11) is 0. The standard InChI is InChI=1S/C12H12N2.C3H6O/c13-11-8-4-7-10(12(11)14)9-5-2-1-3-6-9;1-2-3-4/h1-8H,13-14H2;2,4H,1,3H2. The van der Waals surface area contributed by atoms with Crippen LogP contribution in [0.4, 0.5) is 11.4 Å². The van der Waals surface area contributed by atoms with E-state index in [9.17, 15) is 0 Å². The Morgan fingerprint density at radius 3 is 2.17 bits per heavy atom. The monoisotopic (exact) mass is 242 g/mol. The third-order valence-electron chi connectivity index (χ3n) is 2.35. The molecular weight excluding hydrogens is 224 g/mol. The molecule has 18 heavy (non-hydrogen) atoms. The minimum atomic E-state index is 0.0833. The lowest BCUT2D eigenvalue weighted by Gasteiger charge is -2.07. The van der Waals surface area contributed by atoms with Gasteiger partial charge in [0, 0.05) is 5.56 Å². The predicted molar refractivity (Wildman–Crippen MR) is 78.0 cm³/mol. The van der Waals surface area contributed by atoms with Crippen LogP contribution in [0.1, 0.15) is 0 Å². The van der Waals surface area contributed by atoms with E-state index in [1.807, 2.05) is 48.5 Å². The van der Waals surface area contributed by atoms with Crippen LogP contribution in [0, 0.1) is 0 Å². The van der Waals surface area contributed by atoms with Crippen molar-refractivity contribution >= 4 is 11.4 Å². The maximum atomic E-state index is 7.76. The lowest BCUT2D eigenvalue weighted by atomic mass is 10.0. The van der Waals surface area contributed by atoms with Crippen LogP contribution in [0.3, 0.4) is 0 Å². The van der Waals surface area contributed by atoms with E-state index in [4.69, 9.17) is 16.6 Å². The Morgan fingerprint density at radius 2 is 1.61 bits per heavy atom. The Labute approximate surface area is 107 Å². The zero-order chi connectivity index (χ0) is 13.4. The molecule has 0 amide bonds. The molecule has 2 aromatic carbocycles. The molecule has 5 N–H and O–H groups in total. The van der Waals surface area contributed by atoms with Crippen molar-refractivity contribution in [2.24, 2.45) is 0 Å². The molecule has 2 rings (SSSR count). The van der Waals surface area contributed by atoms with E-state index < -0.39 is 0 Å². The van der Waals surface area contributed by atoms with Gasteiger partial charge in [0.25, 0.3) is 0 Å². The van der Waals surface area contributed by atoms with Crippen LogP contribution < -0.4 is 11.5 Å². The Kier molecular flexibility index (Phi) is 5.48. The number of nitrogen functional groups attached to an aromatic ring is 2. The summed E-state index contributed by atoms with van der Waals surface area (Å²) in [4.78, 5) is 0. The van der Waals surface area contributed by atoms with Gasteiger partial charge in [-0.25, -0.2) is 0 Å². The molecule has 0 saturated heterocycles. The van der Waals surface area contributed by atoms with Gasteiger partial charge in [-0.1, -0.05) is 48.5 Å². The van der Waals surface area contributed by atoms with Crippen molar-refractivity contribution in [2.45, 2.75) is 0 Å². The maximum absolute atomic E-state index is 7.76. The van der Waals surface area contributed by atoms with E-state index in [0.717, 1.165) is 11.1 Å². The van der Waals surface area contributed by atoms with Crippen molar-refractivity contribution in [1.82, 2.24) is 0 Å². The molecular formula is C15H18N2O. The van der Waals surface area contributed by atoms with E-state index in [-0.39, 0.29) is 6.61 Å². The molecule has 0 aliphatic carbocycles. The number of para-hydroxylation sites is 1. The first-order valence-corrected chi connectivity index (χ1v) is 5.61. The molecule has 0 heterocycles. The molecule has 0 unspecified atom stereocenters. The molecule has 0 saturated carbocycles. The number of nitrogens with two attached hydrogens (primary N) is 2. The fraction of sp³-hybridized carbons (Fsp3) is 0.0667. The molecule has 3 heteroatoms. The highest BCUT2D eigenvalue weighted by Crippen LogP contribution is 2.29. The third-order valence-corrected chi connectivity index (χ3v) is 2.35. The molecule has 94 valence electrons. The van der Waals surface area contributed by atoms with Crippen molar-refractivity contribution in [1.29, 1.82) is 0 Å². The molecule has 0 atom stereocenters. The van der Waals surface area contributed by atoms with Crippen LogP contribution in [-0.2, 0) is 0 Å². The number of aliphatic hydroxyl groups excluding tert-OH is 1. The van der Waals surface area contributed by atoms with Crippen LogP contribution in [0.5, 0.6) is 0 Å². The zero-order valence-electron chi connectivity index (χ0n) is 10.2. The molecule has 0 radical (unpaired) electrons. The lowest BCUT2D eigenvalue weighted by molar-refractivity contribution is 0.343. The molecule has 0 bridgehead atoms. The lowest BCUT2D eigenvalue weighted by Crippen LogP contribution is -1.96. The van der Waals surface area contributed by atoms with E-state index in [0.29, 0.717) is 11.4 Å². The predicted octanol–water partition coefficient (Wildman–Crippen LogP) is 2.68. The highest BCUT2D eigenvalue weighted by molar-refractivity contribution is 5.84. The van der Waals surface area contributed by atoms with Crippen LogP contribution in [-0.4, -0.2) is 11.7 Å². The first-order chi connectivity index (χ1) is 8.70. The quantitative estimate of drug-likeness (QED) is 0.560. The summed E-state index contributed by atoms with van der Waals surface area (Å²) in [5.74, 6) is 0. The van der Waals surface area contributed by atoms with Crippen molar-refractivity contribution in [3.8, 4) is 11.1 Å². The van der Waals surface area contributed by atoms with E-state index >= 15 is 0 Å². The largest absolute Gasteiger partial charge is 0.397 e. The minimum Gasteiger partial charge on any atom is -0.397 e. The van der Waals surface area contributed by atoms with Gasteiger partial charge < -0.3 is 16.6 Å². The van der Waals surface area contributed by atoms with Crippen LogP contribution >= 0.6 is 0 Å². The normalized spacial score (nSPS) is 9.17. The number of aliphatic hydroxyl groups is 1. The molecule has 3 nitrogen and oxygen atoms in total. The molecule has 2 aromatic rings. The van der Waals surface area contributed by atoms with Gasteiger partial charge in [-0.15, -0.1) is 6.58 Å². The SMILES string of the molecule is C=CCO.Nc1cccc(-c2ccccc2)c1N. The summed E-state index contributed by atoms with van der Waals surface area (Å²) >= 11 is 0. The zero-order valence-corrected chi connectivity index (χ0v) is 10.2. The van der Waals surface area contributed by atoms with Gasteiger partial charge in [0.2, 0.25) is 0 Å². The Hall–Kier alpha value is -2.26. The van der Waals surface area contributed by atoms with Crippen molar-refractivity contribution in [3.05, 3.63) is 61.2 Å². The average Bonchev–Trinajstić information content (AvgIpc) is 2.43. The van der Waals surface area contributed by atoms with E-state index in [1.165, 1.54) is 6.08 Å². The van der Waals surface area contributed by atoms with Gasteiger partial charge in [0.15, 0.2) is 0 Å². The summed E-state index contributed by atoms with van der Waals surface area (Å²) in [6.45, 7) is 3.31. The van der Waals surface area contributed by atoms with E-state index in [1.54, 1.807) is 0 Å². The molecule has 0 aliphatic heterocycles. The van der Waals surface area contributed by atoms with Crippen LogP contribution in [0.15, 0.2) is 61.2 Å². The summed E-state index contributed by atoms with van der Waals surface area (Å²) in [5.41, 5.74) is 15.0. The fourth-order valence-corrected chi connectivity index (χ4v) is 1.45. The maximum Gasteiger partial charge on any atom is 0.0627 e. The fourth-order valence-electron chi connectivity index (χ4n) is 1.45. The Balaban J connectivity index is 0.000000357. The van der Waals surface area contributed by atoms with Gasteiger partial charge in [0.05, 0.1) is 18.0 Å². The highest BCUT2D eigenvalue weighted by atomic mass is 16.2. The first kappa shape index (κ1) is 13.8. The van der Waals surface area contributed by atoms with Crippen LogP contribution in [0.2, 0.25) is 0 Å². The summed E-state index contributed by atoms with van der Waals surface area (Å²) in [6, 6.07) is 15.7. The van der Waals surface area contributed by atoms with Crippen LogP contribution in [0.25, 0.3) is 11.1 Å². The van der Waals surface area contributed by atoms with Gasteiger partial charge in [-0.3, -0.25) is 0 Å². The smallest absolute Gasteiger partial charge is 0.0627 e. The third kappa shape index (κ3) is 3.64. The van der Waals surface area contributed by atoms with Crippen molar-refractivity contribution < 1.29 is 5.11 Å². The second kappa shape index (κ2) is 7.14. The second-order valence-electron chi connectivity index (χ2n) is 3.65. The minimum absolute atomic E-state index is 0.0833. The number of hydrogen-bond donors (Lipinski definition) is 3. The number of anilines is 2. The Morgan fingerprint density at radius 1 is 1.00 bits per heavy atom. The van der Waals surface area contributed by atoms with E-state index in [2.05, 4.69) is 6.58 Å². The van der Waals surface area contributed by atoms with Crippen molar-refractivity contribution in [2.75, 3.05) is 18.1 Å². The summed E-state index contributed by atoms with van der Waals surface area (Å²) in [5, 5.41) is 7.76. The highest BCUT2D eigenvalue weighted by Gasteiger charge is 2.03. The second-order valence-corrected chi connectivity index (χ2v) is 3.65. The molecule has 0 spiro atoms. The van der Waals surface area contributed by atoms with Gasteiger partial charge in [-0.2, -0.15) is 0 Å². The average molecular weight is 242 g/mol. The first-order valence-electron chi connectivity index (χ1n) is 5.61. The summed E-state index contributed by atoms with van der Waals surface area (Å²) < 4.78 is 0. The van der Waals surface area contributed by atoms with Gasteiger partial charge in [0.1, 0.15) is 0 Å². The van der Waals surface area contributed by atoms with Gasteiger partial charge >= 0.3 is 0 Å². The number of hydrogen-bond acceptors (Lipinski definition) is 3. The molecule has 0 fully saturated rings. The molecule has 0 aromatic heterocycles. The van der Waals surface area contributed by atoms with Gasteiger partial charge in [-0.05, 0) is 11.6 Å². The summed E-state index contributed by atoms with van der Waals surface area (Å²) in [6.07, 6.45) is 1.43. The Bertz CT molecular complexity index is 495. The molecule has 0 aliphatic rings. The van der Waals surface area contributed by atoms with Crippen molar-refractivity contribution in [3.63, 3.8) is 0 Å².